The van der Waals surface area contributed by atoms with Crippen LogP contribution in [0.4, 0.5) is 0 Å². The summed E-state index contributed by atoms with van der Waals surface area (Å²) >= 11 is 3.35. The van der Waals surface area contributed by atoms with Gasteiger partial charge in [-0.3, -0.25) is 9.59 Å². The van der Waals surface area contributed by atoms with E-state index in [1.165, 1.54) is 18.2 Å². The summed E-state index contributed by atoms with van der Waals surface area (Å²) in [6.45, 7) is 1.22. The second-order valence-corrected chi connectivity index (χ2v) is 8.88. The first-order valence-electron chi connectivity index (χ1n) is 11.0. The molecule has 9 heteroatoms. The minimum Gasteiger partial charge on any atom is -0.484 e. The molecule has 0 spiro atoms. The van der Waals surface area contributed by atoms with Crippen LogP contribution in [0.25, 0.3) is 11.0 Å². The van der Waals surface area contributed by atoms with E-state index in [1.807, 2.05) is 6.07 Å². The van der Waals surface area contributed by atoms with Gasteiger partial charge in [0.2, 0.25) is 11.2 Å². The van der Waals surface area contributed by atoms with Gasteiger partial charge in [-0.05, 0) is 48.9 Å². The molecule has 0 aliphatic carbocycles. The van der Waals surface area contributed by atoms with Crippen molar-refractivity contribution in [1.29, 1.82) is 0 Å². The van der Waals surface area contributed by atoms with Crippen LogP contribution in [-0.4, -0.2) is 29.6 Å². The number of rotatable bonds is 9. The van der Waals surface area contributed by atoms with E-state index in [0.29, 0.717) is 11.1 Å². The zero-order valence-corrected chi connectivity index (χ0v) is 20.8. The average molecular weight is 552 g/mol. The van der Waals surface area contributed by atoms with Crippen LogP contribution in [0.2, 0.25) is 0 Å². The lowest BCUT2D eigenvalue weighted by atomic mass is 10.1. The summed E-state index contributed by atoms with van der Waals surface area (Å²) in [4.78, 5) is 36.9. The highest BCUT2D eigenvalue weighted by Gasteiger charge is 2.21. The molecule has 0 aliphatic rings. The first-order valence-corrected chi connectivity index (χ1v) is 11.8. The summed E-state index contributed by atoms with van der Waals surface area (Å²) in [5.74, 6) is -0.584. The summed E-state index contributed by atoms with van der Waals surface area (Å²) in [7, 11) is 0. The fourth-order valence-corrected chi connectivity index (χ4v) is 3.80. The van der Waals surface area contributed by atoms with E-state index >= 15 is 0 Å². The zero-order chi connectivity index (χ0) is 25.7. The number of hydrogen-bond donors (Lipinski definition) is 2. The fourth-order valence-electron chi connectivity index (χ4n) is 3.53. The first kappa shape index (κ1) is 25.0. The molecule has 1 heterocycles. The van der Waals surface area contributed by atoms with E-state index < -0.39 is 24.5 Å². The molecule has 0 aliphatic heterocycles. The molecule has 36 heavy (non-hydrogen) atoms. The largest absolute Gasteiger partial charge is 0.484 e. The molecule has 0 bridgehead atoms. The van der Waals surface area contributed by atoms with Crippen LogP contribution in [0, 0.1) is 6.92 Å². The maximum absolute atomic E-state index is 13.0. The predicted octanol–water partition coefficient (Wildman–Crippen LogP) is 4.85. The third-order valence-electron chi connectivity index (χ3n) is 5.31. The van der Waals surface area contributed by atoms with Gasteiger partial charge in [-0.15, -0.1) is 0 Å². The molecule has 0 saturated heterocycles. The number of carbonyl (C=O) groups excluding carboxylic acids is 1. The average Bonchev–Trinajstić information content (AvgIpc) is 2.86. The highest BCUT2D eigenvalue weighted by molar-refractivity contribution is 9.10. The Balaban J connectivity index is 1.44. The number of carboxylic acid groups (broad SMARTS) is 1. The number of amides is 1. The van der Waals surface area contributed by atoms with Crippen LogP contribution >= 0.6 is 15.9 Å². The number of ether oxygens (including phenoxy) is 2. The van der Waals surface area contributed by atoms with Crippen molar-refractivity contribution >= 4 is 38.8 Å². The molecule has 0 unspecified atom stereocenters. The number of aryl methyl sites for hydroxylation is 1. The van der Waals surface area contributed by atoms with Crippen LogP contribution in [0.5, 0.6) is 17.2 Å². The number of fused-ring (bicyclic) bond motifs is 1. The van der Waals surface area contributed by atoms with E-state index in [9.17, 15) is 19.5 Å². The normalized spacial score (nSPS) is 11.6. The van der Waals surface area contributed by atoms with E-state index in [-0.39, 0.29) is 34.7 Å². The monoisotopic (exact) mass is 551 g/mol. The number of halogens is 1. The van der Waals surface area contributed by atoms with Crippen molar-refractivity contribution in [2.45, 2.75) is 19.4 Å². The van der Waals surface area contributed by atoms with Gasteiger partial charge in [-0.2, -0.15) is 0 Å². The second-order valence-electron chi connectivity index (χ2n) is 7.97. The quantitative estimate of drug-likeness (QED) is 0.305. The summed E-state index contributed by atoms with van der Waals surface area (Å²) in [5.41, 5.74) is 0.715. The molecule has 1 atom stereocenters. The van der Waals surface area contributed by atoms with Crippen molar-refractivity contribution in [1.82, 2.24) is 5.32 Å². The van der Waals surface area contributed by atoms with Crippen molar-refractivity contribution in [3.05, 3.63) is 98.8 Å². The number of carboxylic acids is 1. The Kier molecular flexibility index (Phi) is 7.70. The van der Waals surface area contributed by atoms with Gasteiger partial charge < -0.3 is 24.3 Å². The maximum atomic E-state index is 13.0. The molecular weight excluding hydrogens is 530 g/mol. The van der Waals surface area contributed by atoms with Crippen molar-refractivity contribution in [2.75, 3.05) is 6.61 Å². The molecule has 8 nitrogen and oxygen atoms in total. The van der Waals surface area contributed by atoms with E-state index in [1.54, 1.807) is 55.5 Å². The lowest BCUT2D eigenvalue weighted by Crippen LogP contribution is -2.44. The Morgan fingerprint density at radius 1 is 1.03 bits per heavy atom. The molecular formula is C27H22BrNO7. The molecule has 1 aromatic heterocycles. The Morgan fingerprint density at radius 3 is 2.42 bits per heavy atom. The molecule has 1 amide bonds. The Labute approximate surface area is 214 Å². The molecule has 184 valence electrons. The van der Waals surface area contributed by atoms with Gasteiger partial charge in [0.05, 0.1) is 5.39 Å². The van der Waals surface area contributed by atoms with Crippen LogP contribution in [0.3, 0.4) is 0 Å². The number of carbonyl (C=O) groups is 2. The van der Waals surface area contributed by atoms with Gasteiger partial charge in [0.25, 0.3) is 5.91 Å². The summed E-state index contributed by atoms with van der Waals surface area (Å²) in [6.07, 6.45) is 0.146. The summed E-state index contributed by atoms with van der Waals surface area (Å²) in [5, 5.41) is 12.2. The molecule has 0 radical (unpaired) electrons. The third-order valence-corrected chi connectivity index (χ3v) is 5.83. The number of benzene rings is 3. The van der Waals surface area contributed by atoms with Crippen LogP contribution in [0.1, 0.15) is 11.3 Å². The maximum Gasteiger partial charge on any atom is 0.326 e. The van der Waals surface area contributed by atoms with Gasteiger partial charge in [0, 0.05) is 17.0 Å². The Morgan fingerprint density at radius 2 is 1.72 bits per heavy atom. The molecule has 0 fully saturated rings. The summed E-state index contributed by atoms with van der Waals surface area (Å²) in [6, 6.07) is 19.5. The third kappa shape index (κ3) is 6.11. The lowest BCUT2D eigenvalue weighted by Gasteiger charge is -2.15. The number of nitrogens with one attached hydrogen (secondary N) is 1. The van der Waals surface area contributed by atoms with Gasteiger partial charge in [-0.25, -0.2) is 4.79 Å². The zero-order valence-electron chi connectivity index (χ0n) is 19.2. The van der Waals surface area contributed by atoms with Crippen molar-refractivity contribution in [2.24, 2.45) is 0 Å². The highest BCUT2D eigenvalue weighted by Crippen LogP contribution is 2.28. The molecule has 4 rings (SSSR count). The molecule has 4 aromatic rings. The van der Waals surface area contributed by atoms with Crippen LogP contribution < -0.4 is 20.2 Å². The minimum atomic E-state index is -1.14. The second kappa shape index (κ2) is 11.1. The smallest absolute Gasteiger partial charge is 0.326 e. The SMILES string of the molecule is Cc1oc2cc(OCC(=O)N[C@H](Cc3ccccc3)C(=O)O)ccc2c(=O)c1Oc1ccc(Br)cc1. The molecule has 3 aromatic carbocycles. The Hall–Kier alpha value is -4.11. The van der Waals surface area contributed by atoms with Crippen LogP contribution in [0.15, 0.2) is 86.5 Å². The van der Waals surface area contributed by atoms with E-state index in [4.69, 9.17) is 13.9 Å². The van der Waals surface area contributed by atoms with Gasteiger partial charge in [0.15, 0.2) is 6.61 Å². The highest BCUT2D eigenvalue weighted by atomic mass is 79.9. The number of aliphatic carboxylic acids is 1. The number of hydrogen-bond acceptors (Lipinski definition) is 6. The topological polar surface area (TPSA) is 115 Å². The van der Waals surface area contributed by atoms with Gasteiger partial charge >= 0.3 is 5.97 Å². The van der Waals surface area contributed by atoms with E-state index in [0.717, 1.165) is 10.0 Å². The van der Waals surface area contributed by atoms with Gasteiger partial charge in [0.1, 0.15) is 28.9 Å². The first-order chi connectivity index (χ1) is 17.3. The lowest BCUT2D eigenvalue weighted by molar-refractivity contribution is -0.142. The predicted molar refractivity (Wildman–Crippen MR) is 137 cm³/mol. The standard InChI is InChI=1S/C27H22BrNO7/c1-16-26(36-19-9-7-18(28)8-10-19)25(31)21-12-11-20(14-23(21)35-16)34-15-24(30)29-22(27(32)33)13-17-5-3-2-4-6-17/h2-12,14,22H,13,15H2,1H3,(H,29,30)(H,32,33)/t22-/m1/s1. The Bertz CT molecular complexity index is 1450. The van der Waals surface area contributed by atoms with Crippen molar-refractivity contribution in [3.8, 4) is 17.2 Å². The fraction of sp³-hybridized carbons (Fsp3) is 0.148. The minimum absolute atomic E-state index is 0.0796. The molecule has 2 N–H and O–H groups in total. The van der Waals surface area contributed by atoms with E-state index in [2.05, 4.69) is 21.2 Å². The van der Waals surface area contributed by atoms with Crippen LogP contribution in [-0.2, 0) is 16.0 Å². The van der Waals surface area contributed by atoms with Gasteiger partial charge in [-0.1, -0.05) is 46.3 Å². The molecule has 0 saturated carbocycles. The van der Waals surface area contributed by atoms with Crippen molar-refractivity contribution in [3.63, 3.8) is 0 Å². The van der Waals surface area contributed by atoms with Crippen molar-refractivity contribution < 1.29 is 28.6 Å². The summed E-state index contributed by atoms with van der Waals surface area (Å²) < 4.78 is 17.9.